The molecule has 10 heavy (non-hydrogen) atoms. The molecule has 2 nitrogen and oxygen atoms in total. The molecule has 0 aromatic rings. The lowest BCUT2D eigenvalue weighted by Crippen LogP contribution is -2.05. The van der Waals surface area contributed by atoms with Crippen molar-refractivity contribution >= 4 is 5.97 Å². The minimum Gasteiger partial charge on any atom is -0.481 e. The number of carboxylic acid groups (broad SMARTS) is 1. The van der Waals surface area contributed by atoms with Gasteiger partial charge in [-0.25, -0.2) is 0 Å². The van der Waals surface area contributed by atoms with Crippen LogP contribution in [-0.4, -0.2) is 11.1 Å². The Morgan fingerprint density at radius 1 is 1.60 bits per heavy atom. The predicted octanol–water partition coefficient (Wildman–Crippen LogP) is 2.29. The smallest absolute Gasteiger partial charge is 0.303 e. The molecule has 0 aromatic carbocycles. The molecule has 0 bridgehead atoms. The second-order valence-corrected chi connectivity index (χ2v) is 3.54. The van der Waals surface area contributed by atoms with Crippen LogP contribution >= 0.6 is 0 Å². The Morgan fingerprint density at radius 2 is 2.10 bits per heavy atom. The lowest BCUT2D eigenvalue weighted by molar-refractivity contribution is -0.137. The maximum Gasteiger partial charge on any atom is 0.303 e. The molecule has 0 saturated carbocycles. The summed E-state index contributed by atoms with van der Waals surface area (Å²) in [6.45, 7) is 5.89. The second-order valence-electron chi connectivity index (χ2n) is 3.54. The van der Waals surface area contributed by atoms with Gasteiger partial charge in [-0.2, -0.15) is 0 Å². The quantitative estimate of drug-likeness (QED) is 0.663. The van der Waals surface area contributed by atoms with Crippen LogP contribution in [0.3, 0.4) is 0 Å². The molecule has 0 heterocycles. The molecule has 0 aliphatic heterocycles. The Morgan fingerprint density at radius 3 is 2.40 bits per heavy atom. The number of rotatable bonds is 3. The summed E-state index contributed by atoms with van der Waals surface area (Å²) in [5, 5.41) is 8.46. The first-order valence-electron chi connectivity index (χ1n) is 4.38. The molecular weight excluding hydrogens is 128 g/mol. The Labute approximate surface area is 65.1 Å². The first-order valence-corrected chi connectivity index (χ1v) is 3.38. The third kappa shape index (κ3) is 7.47. The zero-order chi connectivity index (χ0) is 9.99. The van der Waals surface area contributed by atoms with E-state index in [1.165, 1.54) is 0 Å². The van der Waals surface area contributed by atoms with Gasteiger partial charge in [-0.05, 0) is 18.3 Å². The number of carbonyl (C=O) groups is 1. The van der Waals surface area contributed by atoms with E-state index in [0.717, 1.165) is 0 Å². The molecule has 0 aromatic heterocycles. The predicted molar refractivity (Wildman–Crippen MR) is 40.9 cm³/mol. The lowest BCUT2D eigenvalue weighted by atomic mass is 9.90. The van der Waals surface area contributed by atoms with E-state index >= 15 is 0 Å². The monoisotopic (exact) mass is 146 g/mol. The summed E-state index contributed by atoms with van der Waals surface area (Å²) >= 11 is 0. The summed E-state index contributed by atoms with van der Waals surface area (Å²) in [4.78, 5) is 10.4. The highest BCUT2D eigenvalue weighted by Gasteiger charge is 2.09. The average Bonchev–Trinajstić information content (AvgIpc) is 1.82. The fraction of sp³-hybridized carbons (Fsp3) is 0.875. The van der Waals surface area contributed by atoms with Gasteiger partial charge in [0, 0.05) is 9.11 Å². The van der Waals surface area contributed by atoms with Crippen molar-refractivity contribution in [2.45, 2.75) is 40.0 Å². The van der Waals surface area contributed by atoms with E-state index in [0.29, 0.717) is 6.42 Å². The molecule has 0 rings (SSSR count). The van der Waals surface area contributed by atoms with E-state index in [4.69, 9.17) is 7.85 Å². The molecule has 0 spiro atoms. The van der Waals surface area contributed by atoms with Gasteiger partial charge in [0.15, 0.2) is 0 Å². The molecule has 0 unspecified atom stereocenters. The van der Waals surface area contributed by atoms with E-state index in [2.05, 4.69) is 0 Å². The van der Waals surface area contributed by atoms with Crippen LogP contribution < -0.4 is 0 Å². The van der Waals surface area contributed by atoms with E-state index in [1.807, 2.05) is 20.8 Å². The van der Waals surface area contributed by atoms with Gasteiger partial charge in [0.25, 0.3) is 0 Å². The number of aliphatic carboxylic acids is 1. The van der Waals surface area contributed by atoms with Crippen LogP contribution in [0.15, 0.2) is 0 Å². The number of carboxylic acids is 1. The van der Waals surface area contributed by atoms with Crippen LogP contribution in [0.5, 0.6) is 0 Å². The fourth-order valence-corrected chi connectivity index (χ4v) is 0.544. The molecule has 0 atom stereocenters. The van der Waals surface area contributed by atoms with Gasteiger partial charge < -0.3 is 5.11 Å². The van der Waals surface area contributed by atoms with Crippen molar-refractivity contribution in [3.63, 3.8) is 0 Å². The molecule has 0 aliphatic carbocycles. The summed E-state index contributed by atoms with van der Waals surface area (Å²) in [6, 6.07) is 0. The summed E-state index contributed by atoms with van der Waals surface area (Å²) < 4.78 is 14.3. The molecule has 2 heteroatoms. The zero-order valence-corrected chi connectivity index (χ0v) is 6.77. The van der Waals surface area contributed by atoms with Crippen LogP contribution in [0.4, 0.5) is 0 Å². The van der Waals surface area contributed by atoms with Gasteiger partial charge in [-0.3, -0.25) is 4.79 Å². The first kappa shape index (κ1) is 6.20. The third-order valence-corrected chi connectivity index (χ3v) is 1.15. The average molecular weight is 146 g/mol. The molecule has 0 saturated heterocycles. The third-order valence-electron chi connectivity index (χ3n) is 1.15. The molecule has 60 valence electrons. The van der Waals surface area contributed by atoms with E-state index in [-0.39, 0.29) is 11.8 Å². The van der Waals surface area contributed by atoms with Crippen molar-refractivity contribution in [2.75, 3.05) is 0 Å². The molecule has 0 amide bonds. The van der Waals surface area contributed by atoms with Crippen molar-refractivity contribution in [1.82, 2.24) is 0 Å². The maximum absolute atomic E-state index is 10.4. The van der Waals surface area contributed by atoms with E-state index in [9.17, 15) is 4.79 Å². The van der Waals surface area contributed by atoms with Crippen LogP contribution in [-0.2, 0) is 4.79 Å². The highest BCUT2D eigenvalue weighted by Crippen LogP contribution is 2.21. The van der Waals surface area contributed by atoms with E-state index < -0.39 is 12.3 Å². The van der Waals surface area contributed by atoms with Gasteiger partial charge in [0.1, 0.15) is 0 Å². The zero-order valence-electron chi connectivity index (χ0n) is 8.77. The SMILES string of the molecule is [2H]C([2H])(CCC(C)(C)C)C(=O)O. The van der Waals surface area contributed by atoms with Gasteiger partial charge in [0.2, 0.25) is 0 Å². The molecule has 0 radical (unpaired) electrons. The number of hydrogen-bond acceptors (Lipinski definition) is 1. The van der Waals surface area contributed by atoms with Crippen LogP contribution in [0, 0.1) is 5.41 Å². The standard InChI is InChI=1S/C8H16O2/c1-8(2,3)6-4-5-7(9)10/h4-6H2,1-3H3,(H,9,10)/i5D2. The summed E-state index contributed by atoms with van der Waals surface area (Å²) in [5.41, 5.74) is -0.0111. The number of hydrogen-bond donors (Lipinski definition) is 1. The minimum atomic E-state index is -2.08. The van der Waals surface area contributed by atoms with Crippen LogP contribution in [0.25, 0.3) is 0 Å². The second kappa shape index (κ2) is 3.59. The molecular formula is C8H16O2. The Balaban J connectivity index is 4.01. The van der Waals surface area contributed by atoms with Crippen molar-refractivity contribution in [2.24, 2.45) is 5.41 Å². The Bertz CT molecular complexity index is 170. The highest BCUT2D eigenvalue weighted by atomic mass is 16.4. The lowest BCUT2D eigenvalue weighted by Gasteiger charge is -2.16. The normalized spacial score (nSPS) is 15.9. The summed E-state index contributed by atoms with van der Waals surface area (Å²) in [7, 11) is 0. The maximum atomic E-state index is 10.4. The van der Waals surface area contributed by atoms with Crippen LogP contribution in [0.1, 0.15) is 42.7 Å². The van der Waals surface area contributed by atoms with Gasteiger partial charge in [0.05, 0.1) is 0 Å². The van der Waals surface area contributed by atoms with Gasteiger partial charge >= 0.3 is 5.97 Å². The topological polar surface area (TPSA) is 37.3 Å². The Hall–Kier alpha value is -0.530. The molecule has 0 aliphatic rings. The fourth-order valence-electron chi connectivity index (χ4n) is 0.544. The van der Waals surface area contributed by atoms with Gasteiger partial charge in [-0.1, -0.05) is 20.8 Å². The van der Waals surface area contributed by atoms with E-state index in [1.54, 1.807) is 0 Å². The Kier molecular flexibility index (Phi) is 2.23. The first-order chi connectivity index (χ1) is 5.15. The largest absolute Gasteiger partial charge is 0.481 e. The van der Waals surface area contributed by atoms with Gasteiger partial charge in [-0.15, -0.1) is 0 Å². The highest BCUT2D eigenvalue weighted by molar-refractivity contribution is 5.66. The summed E-state index contributed by atoms with van der Waals surface area (Å²) in [6.07, 6.45) is -1.43. The molecule has 0 fully saturated rings. The minimum absolute atomic E-state index is 0.0111. The van der Waals surface area contributed by atoms with Crippen molar-refractivity contribution in [3.8, 4) is 0 Å². The molecule has 1 N–H and O–H groups in total. The van der Waals surface area contributed by atoms with Crippen molar-refractivity contribution in [3.05, 3.63) is 0 Å². The summed E-state index contributed by atoms with van der Waals surface area (Å²) in [5.74, 6) is -1.37. The van der Waals surface area contributed by atoms with Crippen molar-refractivity contribution in [1.29, 1.82) is 0 Å². The van der Waals surface area contributed by atoms with Crippen LogP contribution in [0.2, 0.25) is 0 Å². The van der Waals surface area contributed by atoms with Crippen molar-refractivity contribution < 1.29 is 12.6 Å².